The Morgan fingerprint density at radius 3 is 2.25 bits per heavy atom. The molecule has 154 valence electrons. The van der Waals surface area contributed by atoms with Gasteiger partial charge in [-0.25, -0.2) is 8.42 Å². The van der Waals surface area contributed by atoms with Crippen molar-refractivity contribution in [1.29, 1.82) is 0 Å². The van der Waals surface area contributed by atoms with Crippen LogP contribution in [-0.2, 0) is 31.2 Å². The van der Waals surface area contributed by atoms with Crippen LogP contribution >= 0.6 is 12.4 Å². The number of nitrogens with one attached hydrogen (secondary N) is 1. The van der Waals surface area contributed by atoms with Gasteiger partial charge < -0.3 is 5.32 Å². The number of aryl methyl sites for hydroxylation is 2. The molecule has 0 aliphatic heterocycles. The van der Waals surface area contributed by atoms with Gasteiger partial charge in [-0.2, -0.15) is 8.42 Å². The van der Waals surface area contributed by atoms with Gasteiger partial charge in [0.1, 0.15) is 5.37 Å². The van der Waals surface area contributed by atoms with Crippen LogP contribution in [-0.4, -0.2) is 32.7 Å². The van der Waals surface area contributed by atoms with E-state index in [0.717, 1.165) is 11.6 Å². The number of halogens is 1. The number of benzene rings is 2. The zero-order valence-corrected chi connectivity index (χ0v) is 17.8. The first-order valence-electron chi connectivity index (χ1n) is 8.17. The Labute approximate surface area is 171 Å². The third-order valence-corrected chi connectivity index (χ3v) is 7.03. The Morgan fingerprint density at radius 2 is 1.68 bits per heavy atom. The first-order chi connectivity index (χ1) is 12.5. The second kappa shape index (κ2) is 9.51. The number of hydrogen-bond acceptors (Lipinski definition) is 5. The van der Waals surface area contributed by atoms with Crippen molar-refractivity contribution in [2.45, 2.75) is 41.9 Å². The van der Waals surface area contributed by atoms with Crippen LogP contribution in [0.25, 0.3) is 0 Å². The van der Waals surface area contributed by atoms with E-state index in [4.69, 9.17) is 0 Å². The Kier molecular flexibility index (Phi) is 8.18. The van der Waals surface area contributed by atoms with Crippen molar-refractivity contribution >= 4 is 38.3 Å². The SMILES string of the molecule is Cc1ccc(S(=O)(=O)C(C)NC(=O)CCc2ccccc2)cc1S(=O)(=O)O.Cl. The highest BCUT2D eigenvalue weighted by Crippen LogP contribution is 2.22. The van der Waals surface area contributed by atoms with Crippen molar-refractivity contribution in [1.82, 2.24) is 5.32 Å². The molecule has 0 aliphatic rings. The zero-order valence-electron chi connectivity index (χ0n) is 15.3. The van der Waals surface area contributed by atoms with Crippen LogP contribution in [0.15, 0.2) is 58.3 Å². The molecule has 0 saturated carbocycles. The molecule has 7 nitrogen and oxygen atoms in total. The molecule has 1 atom stereocenters. The van der Waals surface area contributed by atoms with Crippen LogP contribution in [0.4, 0.5) is 0 Å². The molecule has 1 unspecified atom stereocenters. The second-order valence-corrected chi connectivity index (χ2v) is 9.80. The molecule has 0 spiro atoms. The van der Waals surface area contributed by atoms with Crippen LogP contribution in [0.1, 0.15) is 24.5 Å². The van der Waals surface area contributed by atoms with Crippen LogP contribution in [0, 0.1) is 6.92 Å². The van der Waals surface area contributed by atoms with Crippen molar-refractivity contribution in [3.63, 3.8) is 0 Å². The number of hydrogen-bond donors (Lipinski definition) is 2. The van der Waals surface area contributed by atoms with E-state index < -0.39 is 36.1 Å². The van der Waals surface area contributed by atoms with Gasteiger partial charge in [-0.3, -0.25) is 9.35 Å². The minimum absolute atomic E-state index is 0. The summed E-state index contributed by atoms with van der Waals surface area (Å²) in [6.45, 7) is 2.75. The highest BCUT2D eigenvalue weighted by atomic mass is 35.5. The van der Waals surface area contributed by atoms with Gasteiger partial charge in [-0.05, 0) is 43.5 Å². The van der Waals surface area contributed by atoms with Crippen molar-refractivity contribution in [2.24, 2.45) is 0 Å². The summed E-state index contributed by atoms with van der Waals surface area (Å²) in [5, 5.41) is 1.17. The summed E-state index contributed by atoms with van der Waals surface area (Å²) in [6, 6.07) is 12.7. The maximum absolute atomic E-state index is 12.6. The molecule has 10 heteroatoms. The lowest BCUT2D eigenvalue weighted by Crippen LogP contribution is -2.38. The highest BCUT2D eigenvalue weighted by molar-refractivity contribution is 7.92. The van der Waals surface area contributed by atoms with Gasteiger partial charge in [0.25, 0.3) is 10.1 Å². The van der Waals surface area contributed by atoms with Crippen molar-refractivity contribution in [3.05, 3.63) is 59.7 Å². The lowest BCUT2D eigenvalue weighted by Gasteiger charge is -2.16. The van der Waals surface area contributed by atoms with Crippen LogP contribution in [0.5, 0.6) is 0 Å². The van der Waals surface area contributed by atoms with E-state index >= 15 is 0 Å². The average Bonchev–Trinajstić information content (AvgIpc) is 2.60. The third-order valence-electron chi connectivity index (χ3n) is 4.08. The Balaban J connectivity index is 0.00000392. The molecule has 0 aromatic heterocycles. The molecule has 0 heterocycles. The first-order valence-corrected chi connectivity index (χ1v) is 11.2. The van der Waals surface area contributed by atoms with Gasteiger partial charge in [0.2, 0.25) is 5.91 Å². The maximum atomic E-state index is 12.6. The minimum Gasteiger partial charge on any atom is -0.339 e. The normalized spacial score (nSPS) is 12.7. The molecule has 0 fully saturated rings. The van der Waals surface area contributed by atoms with Gasteiger partial charge in [0.15, 0.2) is 9.84 Å². The van der Waals surface area contributed by atoms with Gasteiger partial charge in [0.05, 0.1) is 9.79 Å². The molecular formula is C18H22ClNO6S2. The topological polar surface area (TPSA) is 118 Å². The number of rotatable bonds is 7. The summed E-state index contributed by atoms with van der Waals surface area (Å²) in [5.41, 5.74) is 1.18. The van der Waals surface area contributed by atoms with Gasteiger partial charge in [0, 0.05) is 6.42 Å². The minimum atomic E-state index is -4.56. The first kappa shape index (κ1) is 24.1. The van der Waals surface area contributed by atoms with E-state index in [-0.39, 0.29) is 29.3 Å². The van der Waals surface area contributed by atoms with Crippen LogP contribution < -0.4 is 5.32 Å². The molecule has 28 heavy (non-hydrogen) atoms. The van der Waals surface area contributed by atoms with Crippen LogP contribution in [0.3, 0.4) is 0 Å². The molecule has 0 bridgehead atoms. The summed E-state index contributed by atoms with van der Waals surface area (Å²) < 4.78 is 57.3. The van der Waals surface area contributed by atoms with Crippen molar-refractivity contribution in [2.75, 3.05) is 0 Å². The van der Waals surface area contributed by atoms with Crippen molar-refractivity contribution < 1.29 is 26.2 Å². The smallest absolute Gasteiger partial charge is 0.294 e. The molecule has 2 aromatic carbocycles. The van der Waals surface area contributed by atoms with Gasteiger partial charge >= 0.3 is 0 Å². The average molecular weight is 448 g/mol. The Bertz CT molecular complexity index is 1040. The zero-order chi connectivity index (χ0) is 20.2. The molecule has 2 aromatic rings. The van der Waals surface area contributed by atoms with E-state index in [1.807, 2.05) is 30.3 Å². The van der Waals surface area contributed by atoms with Gasteiger partial charge in [-0.1, -0.05) is 36.4 Å². The number of sulfone groups is 1. The maximum Gasteiger partial charge on any atom is 0.294 e. The quantitative estimate of drug-likeness (QED) is 0.629. The lowest BCUT2D eigenvalue weighted by atomic mass is 10.1. The fraction of sp³-hybridized carbons (Fsp3) is 0.278. The fourth-order valence-corrected chi connectivity index (χ4v) is 4.58. The third kappa shape index (κ3) is 6.03. The van der Waals surface area contributed by atoms with E-state index in [0.29, 0.717) is 6.42 Å². The van der Waals surface area contributed by atoms with E-state index in [1.54, 1.807) is 0 Å². The lowest BCUT2D eigenvalue weighted by molar-refractivity contribution is -0.121. The monoisotopic (exact) mass is 447 g/mol. The van der Waals surface area contributed by atoms with E-state index in [9.17, 15) is 26.2 Å². The summed E-state index contributed by atoms with van der Waals surface area (Å²) in [5.74, 6) is -0.433. The Morgan fingerprint density at radius 1 is 1.07 bits per heavy atom. The fourth-order valence-electron chi connectivity index (χ4n) is 2.52. The highest BCUT2D eigenvalue weighted by Gasteiger charge is 2.27. The largest absolute Gasteiger partial charge is 0.339 e. The summed E-state index contributed by atoms with van der Waals surface area (Å²) in [4.78, 5) is 11.3. The summed E-state index contributed by atoms with van der Waals surface area (Å²) in [7, 11) is -8.58. The van der Waals surface area contributed by atoms with E-state index in [1.165, 1.54) is 26.0 Å². The molecular weight excluding hydrogens is 426 g/mol. The molecule has 0 aliphatic carbocycles. The predicted molar refractivity (Wildman–Crippen MR) is 108 cm³/mol. The molecule has 0 radical (unpaired) electrons. The molecule has 0 saturated heterocycles. The summed E-state index contributed by atoms with van der Waals surface area (Å²) >= 11 is 0. The molecule has 2 rings (SSSR count). The van der Waals surface area contributed by atoms with Crippen LogP contribution in [0.2, 0.25) is 0 Å². The van der Waals surface area contributed by atoms with E-state index in [2.05, 4.69) is 5.32 Å². The summed E-state index contributed by atoms with van der Waals surface area (Å²) in [6.07, 6.45) is 0.588. The standard InChI is InChI=1S/C18H21NO6S2.ClH/c1-13-8-10-16(12-17(13)27(23,24)25)26(21,22)14(2)19-18(20)11-9-15-6-4-3-5-7-15;/h3-8,10,12,14H,9,11H2,1-2H3,(H,19,20)(H,23,24,25);1H. The number of amides is 1. The van der Waals surface area contributed by atoms with Crippen molar-refractivity contribution in [3.8, 4) is 0 Å². The number of carbonyl (C=O) groups is 1. The second-order valence-electron chi connectivity index (χ2n) is 6.14. The molecule has 2 N–H and O–H groups in total. The number of carbonyl (C=O) groups excluding carboxylic acids is 1. The Hall–Kier alpha value is -1.94. The van der Waals surface area contributed by atoms with Gasteiger partial charge in [-0.15, -0.1) is 12.4 Å². The predicted octanol–water partition coefficient (Wildman–Crippen LogP) is 2.53. The molecule has 1 amide bonds.